The Morgan fingerprint density at radius 3 is 2.56 bits per heavy atom. The summed E-state index contributed by atoms with van der Waals surface area (Å²) in [6.07, 6.45) is 1.43. The third-order valence-corrected chi connectivity index (χ3v) is 5.93. The second-order valence-electron chi connectivity index (χ2n) is 7.69. The fourth-order valence-electron chi connectivity index (χ4n) is 3.28. The predicted molar refractivity (Wildman–Crippen MR) is 124 cm³/mol. The normalized spacial score (nSPS) is 12.0. The second-order valence-corrected chi connectivity index (χ2v) is 9.34. The first-order chi connectivity index (χ1) is 15.1. The summed E-state index contributed by atoms with van der Waals surface area (Å²) < 4.78 is 36.8. The van der Waals surface area contributed by atoms with E-state index in [1.807, 2.05) is 19.1 Å². The van der Waals surface area contributed by atoms with E-state index in [1.165, 1.54) is 12.1 Å². The van der Waals surface area contributed by atoms with Crippen molar-refractivity contribution < 1.29 is 22.4 Å². The van der Waals surface area contributed by atoms with Gasteiger partial charge in [0.15, 0.2) is 0 Å². The zero-order valence-electron chi connectivity index (χ0n) is 18.1. The van der Waals surface area contributed by atoms with E-state index in [2.05, 4.69) is 18.6 Å². The Morgan fingerprint density at radius 2 is 1.88 bits per heavy atom. The molecule has 0 spiro atoms. The molecule has 0 fully saturated rings. The Hall–Kier alpha value is -3.23. The van der Waals surface area contributed by atoms with Crippen molar-refractivity contribution in [3.63, 3.8) is 0 Å². The van der Waals surface area contributed by atoms with Crippen molar-refractivity contribution in [2.75, 3.05) is 6.54 Å². The minimum absolute atomic E-state index is 0.177. The van der Waals surface area contributed by atoms with E-state index in [-0.39, 0.29) is 12.5 Å². The maximum atomic E-state index is 12.1. The largest absolute Gasteiger partial charge is 0.460 e. The fourth-order valence-corrected chi connectivity index (χ4v) is 4.03. The lowest BCUT2D eigenvalue weighted by Gasteiger charge is -2.13. The number of esters is 1. The van der Waals surface area contributed by atoms with Crippen LogP contribution in [0.1, 0.15) is 42.0 Å². The molecule has 168 valence electrons. The molecule has 3 rings (SSSR count). The van der Waals surface area contributed by atoms with Gasteiger partial charge in [0.1, 0.15) is 18.7 Å². The maximum Gasteiger partial charge on any atom is 0.336 e. The van der Waals surface area contributed by atoms with Gasteiger partial charge in [-0.1, -0.05) is 44.2 Å². The van der Waals surface area contributed by atoms with Gasteiger partial charge >= 0.3 is 11.6 Å². The molecule has 0 radical (unpaired) electrons. The first-order valence-electron chi connectivity index (χ1n) is 10.1. The lowest BCUT2D eigenvalue weighted by molar-refractivity contribution is -0.143. The number of carbonyl (C=O) groups excluding carboxylic acids is 1. The highest BCUT2D eigenvalue weighted by Crippen LogP contribution is 2.27. The number of rotatable bonds is 8. The number of fused-ring (bicyclic) bond motifs is 1. The molecule has 0 saturated carbocycles. The number of sulfonamides is 1. The Balaban J connectivity index is 1.67. The van der Waals surface area contributed by atoms with Gasteiger partial charge in [-0.15, -0.1) is 0 Å². The summed E-state index contributed by atoms with van der Waals surface area (Å²) in [7, 11) is -3.82. The van der Waals surface area contributed by atoms with Crippen molar-refractivity contribution in [3.8, 4) is 0 Å². The fraction of sp³-hybridized carbons (Fsp3) is 0.250. The van der Waals surface area contributed by atoms with E-state index in [9.17, 15) is 18.0 Å². The number of ether oxygens (including phenoxy) is 1. The monoisotopic (exact) mass is 455 g/mol. The molecule has 0 bridgehead atoms. The quantitative estimate of drug-likeness (QED) is 0.409. The van der Waals surface area contributed by atoms with E-state index >= 15 is 0 Å². The van der Waals surface area contributed by atoms with Gasteiger partial charge in [-0.3, -0.25) is 4.79 Å². The number of aryl methyl sites for hydroxylation is 1. The summed E-state index contributed by atoms with van der Waals surface area (Å²) in [6.45, 7) is 5.36. The molecule has 0 aliphatic rings. The van der Waals surface area contributed by atoms with Crippen molar-refractivity contribution >= 4 is 33.0 Å². The summed E-state index contributed by atoms with van der Waals surface area (Å²) in [5.41, 5.74) is 3.17. The van der Waals surface area contributed by atoms with Crippen LogP contribution < -0.4 is 10.3 Å². The molecule has 0 aliphatic carbocycles. The molecule has 0 amide bonds. The van der Waals surface area contributed by atoms with Gasteiger partial charge in [0.2, 0.25) is 10.0 Å². The zero-order valence-corrected chi connectivity index (χ0v) is 18.9. The van der Waals surface area contributed by atoms with Crippen LogP contribution in [0.4, 0.5) is 0 Å². The summed E-state index contributed by atoms with van der Waals surface area (Å²) in [4.78, 5) is 24.0. The number of carbonyl (C=O) groups is 1. The molecule has 2 aromatic carbocycles. The minimum atomic E-state index is -3.82. The van der Waals surface area contributed by atoms with Gasteiger partial charge in [0.25, 0.3) is 0 Å². The Morgan fingerprint density at radius 1 is 1.16 bits per heavy atom. The number of hydrogen-bond donors (Lipinski definition) is 1. The Labute approximate surface area is 186 Å². The van der Waals surface area contributed by atoms with Crippen LogP contribution in [0, 0.1) is 6.92 Å². The molecule has 0 saturated heterocycles. The zero-order chi connectivity index (χ0) is 23.3. The van der Waals surface area contributed by atoms with Crippen molar-refractivity contribution in [1.29, 1.82) is 0 Å². The van der Waals surface area contributed by atoms with Crippen LogP contribution in [0.15, 0.2) is 63.2 Å². The average Bonchev–Trinajstić information content (AvgIpc) is 2.74. The lowest BCUT2D eigenvalue weighted by atomic mass is 9.95. The Bertz CT molecular complexity index is 1310. The highest BCUT2D eigenvalue weighted by Gasteiger charge is 2.14. The molecule has 0 atom stereocenters. The van der Waals surface area contributed by atoms with Gasteiger partial charge in [-0.25, -0.2) is 17.9 Å². The molecule has 32 heavy (non-hydrogen) atoms. The van der Waals surface area contributed by atoms with Crippen LogP contribution >= 0.6 is 0 Å². The van der Waals surface area contributed by atoms with E-state index in [0.29, 0.717) is 22.1 Å². The van der Waals surface area contributed by atoms with Gasteiger partial charge in [0.05, 0.1) is 0 Å². The van der Waals surface area contributed by atoms with Crippen LogP contribution in [-0.4, -0.2) is 20.9 Å². The highest BCUT2D eigenvalue weighted by molar-refractivity contribution is 7.92. The third kappa shape index (κ3) is 6.15. The molecule has 0 unspecified atom stereocenters. The molecule has 7 nitrogen and oxygen atoms in total. The molecular weight excluding hydrogens is 430 g/mol. The first-order valence-corrected chi connectivity index (χ1v) is 11.6. The SMILES string of the molecule is Cc1cc2oc(=O)cc(COC(=O)CNS(=O)(=O)/C=C/c3ccccc3)c2cc1C(C)C. The summed E-state index contributed by atoms with van der Waals surface area (Å²) in [5.74, 6) is -0.501. The summed E-state index contributed by atoms with van der Waals surface area (Å²) in [6, 6.07) is 13.9. The number of benzene rings is 2. The molecule has 8 heteroatoms. The van der Waals surface area contributed by atoms with E-state index in [4.69, 9.17) is 9.15 Å². The summed E-state index contributed by atoms with van der Waals surface area (Å²) >= 11 is 0. The minimum Gasteiger partial charge on any atom is -0.460 e. The van der Waals surface area contributed by atoms with Crippen molar-refractivity contribution in [3.05, 3.63) is 86.6 Å². The maximum absolute atomic E-state index is 12.1. The summed E-state index contributed by atoms with van der Waals surface area (Å²) in [5, 5.41) is 1.67. The predicted octanol–water partition coefficient (Wildman–Crippen LogP) is 3.86. The molecule has 1 N–H and O–H groups in total. The molecule has 1 aromatic heterocycles. The number of hydrogen-bond acceptors (Lipinski definition) is 6. The number of nitrogens with one attached hydrogen (secondary N) is 1. The van der Waals surface area contributed by atoms with E-state index in [1.54, 1.807) is 30.3 Å². The third-order valence-electron chi connectivity index (χ3n) is 4.88. The van der Waals surface area contributed by atoms with Crippen molar-refractivity contribution in [1.82, 2.24) is 4.72 Å². The van der Waals surface area contributed by atoms with Crippen LogP contribution in [0.2, 0.25) is 0 Å². The Kier molecular flexibility index (Phi) is 7.27. The second kappa shape index (κ2) is 9.93. The van der Waals surface area contributed by atoms with Crippen LogP contribution in [0.25, 0.3) is 17.0 Å². The molecule has 1 heterocycles. The van der Waals surface area contributed by atoms with Crippen LogP contribution in [0.5, 0.6) is 0 Å². The smallest absolute Gasteiger partial charge is 0.336 e. The topological polar surface area (TPSA) is 103 Å². The van der Waals surface area contributed by atoms with Gasteiger partial charge < -0.3 is 9.15 Å². The van der Waals surface area contributed by atoms with Crippen LogP contribution in [0.3, 0.4) is 0 Å². The van der Waals surface area contributed by atoms with E-state index < -0.39 is 28.2 Å². The molecule has 3 aromatic rings. The van der Waals surface area contributed by atoms with Crippen molar-refractivity contribution in [2.45, 2.75) is 33.3 Å². The molecule has 0 aliphatic heterocycles. The highest BCUT2D eigenvalue weighted by atomic mass is 32.2. The van der Waals surface area contributed by atoms with Crippen LogP contribution in [-0.2, 0) is 26.2 Å². The standard InChI is InChI=1S/C24H25NO6S/c1-16(2)20-13-21-19(12-23(26)31-22(21)11-17(20)3)15-30-24(27)14-25-32(28,29)10-9-18-7-5-4-6-8-18/h4-13,16,25H,14-15H2,1-3H3/b10-9+. The molecular formula is C24H25NO6S. The lowest BCUT2D eigenvalue weighted by Crippen LogP contribution is -2.29. The van der Waals surface area contributed by atoms with E-state index in [0.717, 1.165) is 16.5 Å². The van der Waals surface area contributed by atoms with Gasteiger partial charge in [0, 0.05) is 22.4 Å². The van der Waals surface area contributed by atoms with Gasteiger partial charge in [-0.05, 0) is 47.7 Å². The van der Waals surface area contributed by atoms with Crippen molar-refractivity contribution in [2.24, 2.45) is 0 Å². The average molecular weight is 456 g/mol. The first kappa shape index (κ1) is 23.4. The van der Waals surface area contributed by atoms with Gasteiger partial charge in [-0.2, -0.15) is 0 Å².